The van der Waals surface area contributed by atoms with E-state index >= 15 is 0 Å². The average Bonchev–Trinajstić information content (AvgIpc) is 2.14. The van der Waals surface area contributed by atoms with E-state index in [1.54, 1.807) is 0 Å². The van der Waals surface area contributed by atoms with Crippen LogP contribution in [0.4, 0.5) is 0 Å². The summed E-state index contributed by atoms with van der Waals surface area (Å²) in [7, 11) is 0. The molecule has 0 aliphatic carbocycles. The summed E-state index contributed by atoms with van der Waals surface area (Å²) in [6, 6.07) is 0. The minimum Gasteiger partial charge on any atom is -0.299 e. The lowest BCUT2D eigenvalue weighted by atomic mass is 9.93. The van der Waals surface area contributed by atoms with Crippen LogP contribution in [0.3, 0.4) is 0 Å². The van der Waals surface area contributed by atoms with Gasteiger partial charge in [0.05, 0.1) is 0 Å². The average molecular weight is 184 g/mol. The molecule has 78 valence electrons. The van der Waals surface area contributed by atoms with E-state index in [-0.39, 0.29) is 0 Å². The fourth-order valence-corrected chi connectivity index (χ4v) is 1.69. The molecule has 0 saturated heterocycles. The second-order valence-corrected chi connectivity index (χ2v) is 3.82. The zero-order chi connectivity index (χ0) is 10.1. The summed E-state index contributed by atoms with van der Waals surface area (Å²) in [5, 5.41) is 0. The lowest BCUT2D eigenvalue weighted by Crippen LogP contribution is -2.13. The monoisotopic (exact) mass is 184 g/mol. The van der Waals surface area contributed by atoms with Crippen molar-refractivity contribution in [2.24, 2.45) is 5.92 Å². The minimum absolute atomic E-state index is 0.349. The van der Waals surface area contributed by atoms with Gasteiger partial charge in [-0.15, -0.1) is 0 Å². The Morgan fingerprint density at radius 3 is 2.23 bits per heavy atom. The Balaban J connectivity index is 3.64. The van der Waals surface area contributed by atoms with Crippen molar-refractivity contribution in [2.45, 2.75) is 65.7 Å². The fourth-order valence-electron chi connectivity index (χ4n) is 1.69. The van der Waals surface area contributed by atoms with Crippen molar-refractivity contribution >= 4 is 5.78 Å². The fraction of sp³-hybridized carbons (Fsp3) is 0.917. The smallest absolute Gasteiger partial charge is 0.135 e. The third-order valence-electron chi connectivity index (χ3n) is 2.61. The van der Waals surface area contributed by atoms with Crippen molar-refractivity contribution in [3.05, 3.63) is 0 Å². The standard InChI is InChI=1S/C12H24O/c1-4-7-8-10-12(13)11(6-3)9-5-2/h11H,4-10H2,1-3H3. The SMILES string of the molecule is CCCCCC(=O)C(CC)CCC. The van der Waals surface area contributed by atoms with Gasteiger partial charge in [0.25, 0.3) is 0 Å². The number of ketones is 1. The summed E-state index contributed by atoms with van der Waals surface area (Å²) < 4.78 is 0. The van der Waals surface area contributed by atoms with Crippen LogP contribution in [-0.2, 0) is 4.79 Å². The second-order valence-electron chi connectivity index (χ2n) is 3.82. The van der Waals surface area contributed by atoms with Crippen molar-refractivity contribution in [3.63, 3.8) is 0 Å². The molecule has 0 aromatic rings. The van der Waals surface area contributed by atoms with Crippen LogP contribution in [0.5, 0.6) is 0 Å². The summed E-state index contributed by atoms with van der Waals surface area (Å²) in [4.78, 5) is 11.6. The van der Waals surface area contributed by atoms with Gasteiger partial charge in [-0.25, -0.2) is 0 Å². The van der Waals surface area contributed by atoms with Crippen molar-refractivity contribution in [1.82, 2.24) is 0 Å². The first-order chi connectivity index (χ1) is 6.26. The van der Waals surface area contributed by atoms with E-state index in [0.717, 1.165) is 32.1 Å². The van der Waals surface area contributed by atoms with Crippen LogP contribution in [-0.4, -0.2) is 5.78 Å². The zero-order valence-corrected chi connectivity index (χ0v) is 9.44. The largest absolute Gasteiger partial charge is 0.299 e. The summed E-state index contributed by atoms with van der Waals surface area (Å²) >= 11 is 0. The van der Waals surface area contributed by atoms with E-state index in [4.69, 9.17) is 0 Å². The minimum atomic E-state index is 0.349. The van der Waals surface area contributed by atoms with Crippen molar-refractivity contribution in [3.8, 4) is 0 Å². The Bertz CT molecular complexity index is 129. The molecular weight excluding hydrogens is 160 g/mol. The molecule has 0 fully saturated rings. The highest BCUT2D eigenvalue weighted by Crippen LogP contribution is 2.15. The number of carbonyl (C=O) groups is 1. The van der Waals surface area contributed by atoms with Gasteiger partial charge in [-0.2, -0.15) is 0 Å². The maximum Gasteiger partial charge on any atom is 0.135 e. The van der Waals surface area contributed by atoms with Crippen LogP contribution in [0.2, 0.25) is 0 Å². The first-order valence-electron chi connectivity index (χ1n) is 5.78. The molecule has 0 saturated carbocycles. The molecule has 1 unspecified atom stereocenters. The van der Waals surface area contributed by atoms with Crippen molar-refractivity contribution in [1.29, 1.82) is 0 Å². The maximum atomic E-state index is 11.6. The van der Waals surface area contributed by atoms with Gasteiger partial charge < -0.3 is 0 Å². The van der Waals surface area contributed by atoms with Crippen LogP contribution in [0.1, 0.15) is 65.7 Å². The summed E-state index contributed by atoms with van der Waals surface area (Å²) in [5.41, 5.74) is 0. The summed E-state index contributed by atoms with van der Waals surface area (Å²) in [6.45, 7) is 6.45. The van der Waals surface area contributed by atoms with Gasteiger partial charge in [-0.05, 0) is 19.3 Å². The molecule has 0 aliphatic rings. The van der Waals surface area contributed by atoms with E-state index in [2.05, 4.69) is 20.8 Å². The maximum absolute atomic E-state index is 11.6. The first kappa shape index (κ1) is 12.7. The van der Waals surface area contributed by atoms with Gasteiger partial charge in [0.1, 0.15) is 5.78 Å². The Kier molecular flexibility index (Phi) is 8.07. The third-order valence-corrected chi connectivity index (χ3v) is 2.61. The van der Waals surface area contributed by atoms with Crippen molar-refractivity contribution in [2.75, 3.05) is 0 Å². The van der Waals surface area contributed by atoms with Gasteiger partial charge in [0.15, 0.2) is 0 Å². The van der Waals surface area contributed by atoms with E-state index in [0.29, 0.717) is 11.7 Å². The highest BCUT2D eigenvalue weighted by molar-refractivity contribution is 5.80. The number of rotatable bonds is 8. The number of carbonyl (C=O) groups excluding carboxylic acids is 1. The number of hydrogen-bond acceptors (Lipinski definition) is 1. The van der Waals surface area contributed by atoms with Crippen LogP contribution in [0, 0.1) is 5.92 Å². The molecule has 1 atom stereocenters. The first-order valence-corrected chi connectivity index (χ1v) is 5.78. The van der Waals surface area contributed by atoms with Gasteiger partial charge in [0.2, 0.25) is 0 Å². The van der Waals surface area contributed by atoms with Gasteiger partial charge >= 0.3 is 0 Å². The Morgan fingerprint density at radius 1 is 1.08 bits per heavy atom. The van der Waals surface area contributed by atoms with Crippen LogP contribution >= 0.6 is 0 Å². The number of Topliss-reactive ketones (excluding diaryl/α,β-unsaturated/α-hetero) is 1. The predicted molar refractivity (Wildman–Crippen MR) is 57.8 cm³/mol. The molecule has 0 radical (unpaired) electrons. The van der Waals surface area contributed by atoms with E-state index in [1.165, 1.54) is 12.8 Å². The molecule has 0 amide bonds. The molecule has 0 aromatic heterocycles. The summed E-state index contributed by atoms with van der Waals surface area (Å²) in [6.07, 6.45) is 7.56. The molecule has 0 aromatic carbocycles. The van der Waals surface area contributed by atoms with Crippen LogP contribution < -0.4 is 0 Å². The molecular formula is C12H24O. The highest BCUT2D eigenvalue weighted by Gasteiger charge is 2.13. The van der Waals surface area contributed by atoms with E-state index in [1.807, 2.05) is 0 Å². The molecule has 13 heavy (non-hydrogen) atoms. The van der Waals surface area contributed by atoms with Crippen molar-refractivity contribution < 1.29 is 4.79 Å². The molecule has 1 nitrogen and oxygen atoms in total. The molecule has 0 heterocycles. The van der Waals surface area contributed by atoms with E-state index in [9.17, 15) is 4.79 Å². The summed E-state index contributed by atoms with van der Waals surface area (Å²) in [5.74, 6) is 0.847. The highest BCUT2D eigenvalue weighted by atomic mass is 16.1. The molecule has 0 aliphatic heterocycles. The van der Waals surface area contributed by atoms with Crippen LogP contribution in [0.25, 0.3) is 0 Å². The Labute approximate surface area is 82.9 Å². The molecule has 0 rings (SSSR count). The third kappa shape index (κ3) is 5.84. The van der Waals surface area contributed by atoms with Gasteiger partial charge in [-0.1, -0.05) is 40.0 Å². The lowest BCUT2D eigenvalue weighted by molar-refractivity contribution is -0.123. The second kappa shape index (κ2) is 8.28. The van der Waals surface area contributed by atoms with E-state index < -0.39 is 0 Å². The molecule has 1 heteroatoms. The lowest BCUT2D eigenvalue weighted by Gasteiger charge is -2.11. The van der Waals surface area contributed by atoms with Gasteiger partial charge in [0, 0.05) is 12.3 Å². The Morgan fingerprint density at radius 2 is 1.77 bits per heavy atom. The number of unbranched alkanes of at least 4 members (excludes halogenated alkanes) is 2. The topological polar surface area (TPSA) is 17.1 Å². The normalized spacial score (nSPS) is 12.8. The number of hydrogen-bond donors (Lipinski definition) is 0. The zero-order valence-electron chi connectivity index (χ0n) is 9.44. The predicted octanol–water partition coefficient (Wildman–Crippen LogP) is 3.96. The van der Waals surface area contributed by atoms with Crippen LogP contribution in [0.15, 0.2) is 0 Å². The molecule has 0 N–H and O–H groups in total. The van der Waals surface area contributed by atoms with Gasteiger partial charge in [-0.3, -0.25) is 4.79 Å². The Hall–Kier alpha value is -0.330. The quantitative estimate of drug-likeness (QED) is 0.522. The molecule has 0 bridgehead atoms. The molecule has 0 spiro atoms.